The summed E-state index contributed by atoms with van der Waals surface area (Å²) in [5.41, 5.74) is -0.269. The van der Waals surface area contributed by atoms with Crippen molar-refractivity contribution in [1.82, 2.24) is 4.90 Å². The van der Waals surface area contributed by atoms with Crippen LogP contribution in [0.5, 0.6) is 11.5 Å². The molecular formula is C23H32N2O7. The predicted molar refractivity (Wildman–Crippen MR) is 116 cm³/mol. The normalized spacial score (nSPS) is 25.8. The average molecular weight is 449 g/mol. The van der Waals surface area contributed by atoms with E-state index in [1.165, 1.54) is 24.1 Å². The maximum absolute atomic E-state index is 13.5. The predicted octanol–water partition coefficient (Wildman–Crippen LogP) is 3.63. The van der Waals surface area contributed by atoms with Crippen LogP contribution in [0, 0.1) is 0 Å². The summed E-state index contributed by atoms with van der Waals surface area (Å²) < 4.78 is 23.1. The fourth-order valence-corrected chi connectivity index (χ4v) is 4.54. The van der Waals surface area contributed by atoms with Gasteiger partial charge in [-0.25, -0.2) is 9.69 Å². The van der Waals surface area contributed by atoms with Crippen LogP contribution in [-0.2, 0) is 14.2 Å². The lowest BCUT2D eigenvalue weighted by atomic mass is 10.1. The number of nitrogens with zero attached hydrogens (tertiary/aromatic N) is 2. The average Bonchev–Trinajstić information content (AvgIpc) is 3.19. The zero-order valence-corrected chi connectivity index (χ0v) is 19.1. The van der Waals surface area contributed by atoms with E-state index in [0.717, 1.165) is 19.3 Å². The summed E-state index contributed by atoms with van der Waals surface area (Å²) in [5.74, 6) is -0.251. The molecular weight excluding hydrogens is 416 g/mol. The van der Waals surface area contributed by atoms with Crippen LogP contribution in [0.4, 0.5) is 10.5 Å². The highest BCUT2D eigenvalue weighted by atomic mass is 16.7. The third kappa shape index (κ3) is 4.36. The molecule has 2 unspecified atom stereocenters. The lowest BCUT2D eigenvalue weighted by molar-refractivity contribution is -0.195. The van der Waals surface area contributed by atoms with Crippen molar-refractivity contribution < 1.29 is 33.6 Å². The number of phenols is 1. The molecule has 2 amide bonds. The Morgan fingerprint density at radius 2 is 1.97 bits per heavy atom. The van der Waals surface area contributed by atoms with Crippen LogP contribution in [0.2, 0.25) is 0 Å². The Balaban J connectivity index is 1.84. The molecule has 176 valence electrons. The highest BCUT2D eigenvalue weighted by Gasteiger charge is 2.48. The van der Waals surface area contributed by atoms with Crippen LogP contribution >= 0.6 is 0 Å². The van der Waals surface area contributed by atoms with Crippen molar-refractivity contribution in [2.75, 3.05) is 25.2 Å². The molecule has 0 bridgehead atoms. The summed E-state index contributed by atoms with van der Waals surface area (Å²) in [4.78, 5) is 30.1. The number of rotatable bonds is 3. The van der Waals surface area contributed by atoms with Crippen LogP contribution in [0.25, 0.3) is 0 Å². The number of amides is 2. The molecule has 0 aromatic heterocycles. The molecule has 2 fully saturated rings. The van der Waals surface area contributed by atoms with Gasteiger partial charge >= 0.3 is 6.09 Å². The summed E-state index contributed by atoms with van der Waals surface area (Å²) in [7, 11) is 1.42. The fraction of sp³-hybridized carbons (Fsp3) is 0.652. The van der Waals surface area contributed by atoms with Gasteiger partial charge in [0.05, 0.1) is 24.4 Å². The third-order valence-corrected chi connectivity index (χ3v) is 5.95. The molecule has 1 N–H and O–H groups in total. The molecule has 0 spiro atoms. The quantitative estimate of drug-likeness (QED) is 0.754. The number of phenolic OH excluding ortho intramolecular Hbond substituents is 1. The van der Waals surface area contributed by atoms with Crippen molar-refractivity contribution in [3.63, 3.8) is 0 Å². The van der Waals surface area contributed by atoms with Gasteiger partial charge in [0.2, 0.25) is 0 Å². The van der Waals surface area contributed by atoms with E-state index in [4.69, 9.17) is 18.9 Å². The van der Waals surface area contributed by atoms with Crippen molar-refractivity contribution in [2.45, 2.75) is 77.0 Å². The maximum atomic E-state index is 13.5. The molecule has 3 heterocycles. The van der Waals surface area contributed by atoms with E-state index in [9.17, 15) is 14.7 Å². The van der Waals surface area contributed by atoms with Gasteiger partial charge in [-0.3, -0.25) is 4.79 Å². The van der Waals surface area contributed by atoms with Crippen molar-refractivity contribution in [3.05, 3.63) is 17.7 Å². The van der Waals surface area contributed by atoms with E-state index in [-0.39, 0.29) is 34.7 Å². The van der Waals surface area contributed by atoms with Crippen molar-refractivity contribution in [2.24, 2.45) is 0 Å². The summed E-state index contributed by atoms with van der Waals surface area (Å²) in [6.45, 7) is 6.48. The second-order valence-electron chi connectivity index (χ2n) is 9.42. The first-order valence-electron chi connectivity index (χ1n) is 11.2. The number of benzene rings is 1. The second-order valence-corrected chi connectivity index (χ2v) is 9.42. The van der Waals surface area contributed by atoms with Gasteiger partial charge in [0.15, 0.2) is 24.0 Å². The summed E-state index contributed by atoms with van der Waals surface area (Å²) in [6.07, 6.45) is 2.17. The first kappa shape index (κ1) is 22.7. The topological polar surface area (TPSA) is 97.8 Å². The standard InChI is InChI=1S/C23H32N2O7/c1-23(2,3)32-22(28)25-16-13-17(26)18(29-4)12-14(16)20(27)24-10-7-8-15(24)21(25)31-19-9-5-6-11-30-19/h12-13,15,19,21,26H,5-11H2,1-4H3/t15-,19?,21?/m0/s1. The Morgan fingerprint density at radius 1 is 1.19 bits per heavy atom. The number of carbonyl (C=O) groups excluding carboxylic acids is 2. The van der Waals surface area contributed by atoms with Crippen LogP contribution in [0.1, 0.15) is 63.2 Å². The molecule has 0 aliphatic carbocycles. The highest BCUT2D eigenvalue weighted by molar-refractivity contribution is 6.06. The SMILES string of the molecule is COc1cc2c(cc1O)N(C(=O)OC(C)(C)C)C(OC1CCCCO1)[C@@H]1CCCN1C2=O. The number of hydrogen-bond donors (Lipinski definition) is 1. The minimum Gasteiger partial charge on any atom is -0.504 e. The molecule has 3 aliphatic rings. The smallest absolute Gasteiger partial charge is 0.417 e. The Bertz CT molecular complexity index is 876. The Kier molecular flexibility index (Phi) is 6.22. The minimum absolute atomic E-state index is 0.159. The summed E-state index contributed by atoms with van der Waals surface area (Å²) in [6, 6.07) is 2.48. The van der Waals surface area contributed by atoms with E-state index < -0.39 is 24.2 Å². The second kappa shape index (κ2) is 8.78. The number of fused-ring (bicyclic) bond motifs is 2. The zero-order chi connectivity index (χ0) is 23.0. The first-order chi connectivity index (χ1) is 15.2. The first-order valence-corrected chi connectivity index (χ1v) is 11.2. The number of aromatic hydroxyl groups is 1. The number of carbonyl (C=O) groups is 2. The van der Waals surface area contributed by atoms with Crippen molar-refractivity contribution in [3.8, 4) is 11.5 Å². The van der Waals surface area contributed by atoms with E-state index in [1.54, 1.807) is 25.7 Å². The van der Waals surface area contributed by atoms with Gasteiger partial charge in [0.1, 0.15) is 5.60 Å². The minimum atomic E-state index is -0.812. The Labute approximate surface area is 188 Å². The number of methoxy groups -OCH3 is 1. The van der Waals surface area contributed by atoms with Crippen LogP contribution in [0.3, 0.4) is 0 Å². The molecule has 4 rings (SSSR count). The molecule has 32 heavy (non-hydrogen) atoms. The van der Waals surface area contributed by atoms with Gasteiger partial charge in [0.25, 0.3) is 5.91 Å². The molecule has 0 radical (unpaired) electrons. The fourth-order valence-electron chi connectivity index (χ4n) is 4.54. The molecule has 1 aromatic carbocycles. The van der Waals surface area contributed by atoms with Gasteiger partial charge in [-0.2, -0.15) is 0 Å². The third-order valence-electron chi connectivity index (χ3n) is 5.95. The van der Waals surface area contributed by atoms with Crippen LogP contribution in [0.15, 0.2) is 12.1 Å². The lowest BCUT2D eigenvalue weighted by Gasteiger charge is -2.39. The Hall–Kier alpha value is -2.52. The largest absolute Gasteiger partial charge is 0.504 e. The summed E-state index contributed by atoms with van der Waals surface area (Å²) in [5, 5.41) is 10.5. The molecule has 3 atom stereocenters. The Morgan fingerprint density at radius 3 is 2.62 bits per heavy atom. The van der Waals surface area contributed by atoms with Gasteiger partial charge < -0.3 is 29.0 Å². The van der Waals surface area contributed by atoms with Crippen molar-refractivity contribution >= 4 is 17.7 Å². The maximum Gasteiger partial charge on any atom is 0.417 e. The van der Waals surface area contributed by atoms with Gasteiger partial charge in [-0.05, 0) is 58.9 Å². The number of anilines is 1. The number of ether oxygens (including phenoxy) is 4. The number of hydrogen-bond acceptors (Lipinski definition) is 7. The van der Waals surface area contributed by atoms with Gasteiger partial charge in [-0.15, -0.1) is 0 Å². The van der Waals surface area contributed by atoms with E-state index in [1.807, 2.05) is 0 Å². The van der Waals surface area contributed by atoms with E-state index >= 15 is 0 Å². The van der Waals surface area contributed by atoms with Crippen molar-refractivity contribution in [1.29, 1.82) is 0 Å². The molecule has 9 nitrogen and oxygen atoms in total. The van der Waals surface area contributed by atoms with E-state index in [0.29, 0.717) is 26.0 Å². The van der Waals surface area contributed by atoms with Crippen LogP contribution in [-0.4, -0.2) is 66.4 Å². The molecule has 9 heteroatoms. The van der Waals surface area contributed by atoms with Crippen LogP contribution < -0.4 is 9.64 Å². The summed E-state index contributed by atoms with van der Waals surface area (Å²) >= 11 is 0. The van der Waals surface area contributed by atoms with Gasteiger partial charge in [0, 0.05) is 19.2 Å². The molecule has 3 aliphatic heterocycles. The lowest BCUT2D eigenvalue weighted by Crippen LogP contribution is -2.54. The zero-order valence-electron chi connectivity index (χ0n) is 19.1. The van der Waals surface area contributed by atoms with E-state index in [2.05, 4.69) is 0 Å². The highest BCUT2D eigenvalue weighted by Crippen LogP contribution is 2.42. The molecule has 1 aromatic rings. The van der Waals surface area contributed by atoms with Gasteiger partial charge in [-0.1, -0.05) is 0 Å². The monoisotopic (exact) mass is 448 g/mol. The molecule has 0 saturated carbocycles. The molecule has 2 saturated heterocycles.